The van der Waals surface area contributed by atoms with Crippen molar-refractivity contribution in [2.24, 2.45) is 0 Å². The molecule has 0 aliphatic carbocycles. The second-order valence-electron chi connectivity index (χ2n) is 4.13. The number of anilines is 1. The first-order chi connectivity index (χ1) is 8.16. The third-order valence-electron chi connectivity index (χ3n) is 2.87. The lowest BCUT2D eigenvalue weighted by atomic mass is 10.1. The highest BCUT2D eigenvalue weighted by Gasteiger charge is 2.17. The number of carboxylic acid groups (broad SMARTS) is 1. The molecule has 17 heavy (non-hydrogen) atoms. The SMILES string of the molecule is Nc1ccc(C(=O)O)cc1CNC[C@@H]1CCO1. The summed E-state index contributed by atoms with van der Waals surface area (Å²) in [6, 6.07) is 4.74. The Labute approximate surface area is 99.6 Å². The number of hydrogen-bond acceptors (Lipinski definition) is 4. The molecule has 0 aromatic heterocycles. The lowest BCUT2D eigenvalue weighted by Crippen LogP contribution is -2.37. The number of carbonyl (C=O) groups is 1. The maximum Gasteiger partial charge on any atom is 0.335 e. The van der Waals surface area contributed by atoms with Gasteiger partial charge in [0.15, 0.2) is 0 Å². The van der Waals surface area contributed by atoms with Crippen molar-refractivity contribution in [1.29, 1.82) is 0 Å². The molecule has 5 nitrogen and oxygen atoms in total. The lowest BCUT2D eigenvalue weighted by molar-refractivity contribution is -0.0484. The topological polar surface area (TPSA) is 84.6 Å². The van der Waals surface area contributed by atoms with E-state index in [1.165, 1.54) is 6.07 Å². The zero-order chi connectivity index (χ0) is 12.3. The zero-order valence-corrected chi connectivity index (χ0v) is 9.48. The lowest BCUT2D eigenvalue weighted by Gasteiger charge is -2.26. The van der Waals surface area contributed by atoms with Crippen molar-refractivity contribution < 1.29 is 14.6 Å². The molecule has 2 rings (SSSR count). The molecule has 1 fully saturated rings. The smallest absolute Gasteiger partial charge is 0.335 e. The summed E-state index contributed by atoms with van der Waals surface area (Å²) in [7, 11) is 0. The van der Waals surface area contributed by atoms with Crippen LogP contribution in [0.4, 0.5) is 5.69 Å². The number of nitrogen functional groups attached to an aromatic ring is 1. The van der Waals surface area contributed by atoms with Crippen molar-refractivity contribution in [3.63, 3.8) is 0 Å². The van der Waals surface area contributed by atoms with Crippen molar-refractivity contribution in [3.8, 4) is 0 Å². The first kappa shape index (κ1) is 11.9. The van der Waals surface area contributed by atoms with Crippen molar-refractivity contribution in [1.82, 2.24) is 5.32 Å². The molecule has 0 bridgehead atoms. The normalized spacial score (nSPS) is 18.7. The largest absolute Gasteiger partial charge is 0.478 e. The highest BCUT2D eigenvalue weighted by Crippen LogP contribution is 2.15. The summed E-state index contributed by atoms with van der Waals surface area (Å²) >= 11 is 0. The van der Waals surface area contributed by atoms with Gasteiger partial charge in [0.05, 0.1) is 11.7 Å². The molecule has 1 heterocycles. The summed E-state index contributed by atoms with van der Waals surface area (Å²) in [6.45, 7) is 2.17. The van der Waals surface area contributed by atoms with Crippen molar-refractivity contribution >= 4 is 11.7 Å². The number of rotatable bonds is 5. The standard InChI is InChI=1S/C12H16N2O3/c13-11-2-1-8(12(15)16)5-9(11)6-14-7-10-3-4-17-10/h1-2,5,10,14H,3-4,6-7,13H2,(H,15,16)/t10-/m0/s1. The predicted molar refractivity (Wildman–Crippen MR) is 63.9 cm³/mol. The van der Waals surface area contributed by atoms with E-state index in [-0.39, 0.29) is 5.56 Å². The van der Waals surface area contributed by atoms with E-state index in [0.717, 1.165) is 25.1 Å². The van der Waals surface area contributed by atoms with Crippen LogP contribution in [0.1, 0.15) is 22.3 Å². The van der Waals surface area contributed by atoms with Crippen molar-refractivity contribution in [2.75, 3.05) is 18.9 Å². The molecule has 1 atom stereocenters. The van der Waals surface area contributed by atoms with Gasteiger partial charge in [-0.1, -0.05) is 0 Å². The van der Waals surface area contributed by atoms with Gasteiger partial charge < -0.3 is 20.9 Å². The van der Waals surface area contributed by atoms with Gasteiger partial charge in [-0.2, -0.15) is 0 Å². The molecule has 5 heteroatoms. The van der Waals surface area contributed by atoms with Gasteiger partial charge in [-0.25, -0.2) is 4.79 Å². The zero-order valence-electron chi connectivity index (χ0n) is 9.48. The van der Waals surface area contributed by atoms with Crippen LogP contribution in [0.2, 0.25) is 0 Å². The number of aromatic carboxylic acids is 1. The van der Waals surface area contributed by atoms with Crippen LogP contribution in [0.3, 0.4) is 0 Å². The molecule has 1 aromatic rings. The molecule has 4 N–H and O–H groups in total. The molecule has 1 aliphatic rings. The summed E-state index contributed by atoms with van der Waals surface area (Å²) in [5, 5.41) is 12.1. The number of nitrogens with one attached hydrogen (secondary N) is 1. The number of carboxylic acids is 1. The Morgan fingerprint density at radius 2 is 2.35 bits per heavy atom. The fourth-order valence-corrected chi connectivity index (χ4v) is 1.71. The van der Waals surface area contributed by atoms with E-state index in [9.17, 15) is 4.79 Å². The molecule has 0 amide bonds. The molecule has 0 saturated carbocycles. The molecule has 1 aliphatic heterocycles. The minimum absolute atomic E-state index is 0.260. The molecular weight excluding hydrogens is 220 g/mol. The Balaban J connectivity index is 1.93. The minimum Gasteiger partial charge on any atom is -0.478 e. The van der Waals surface area contributed by atoms with E-state index in [2.05, 4.69) is 5.32 Å². The van der Waals surface area contributed by atoms with Crippen LogP contribution in [-0.4, -0.2) is 30.3 Å². The maximum atomic E-state index is 10.8. The van der Waals surface area contributed by atoms with Crippen LogP contribution < -0.4 is 11.1 Å². The van der Waals surface area contributed by atoms with Crippen LogP contribution >= 0.6 is 0 Å². The second-order valence-corrected chi connectivity index (χ2v) is 4.13. The van der Waals surface area contributed by atoms with Gasteiger partial charge in [0.1, 0.15) is 0 Å². The van der Waals surface area contributed by atoms with Crippen molar-refractivity contribution in [2.45, 2.75) is 19.1 Å². The van der Waals surface area contributed by atoms with Gasteiger partial charge in [0.25, 0.3) is 0 Å². The van der Waals surface area contributed by atoms with Gasteiger partial charge in [0, 0.05) is 25.4 Å². The van der Waals surface area contributed by atoms with E-state index in [1.54, 1.807) is 12.1 Å². The fourth-order valence-electron chi connectivity index (χ4n) is 1.71. The monoisotopic (exact) mass is 236 g/mol. The summed E-state index contributed by atoms with van der Waals surface area (Å²) < 4.78 is 5.27. The maximum absolute atomic E-state index is 10.8. The first-order valence-electron chi connectivity index (χ1n) is 5.61. The summed E-state index contributed by atoms with van der Waals surface area (Å²) in [5.74, 6) is -0.937. The molecule has 1 aromatic carbocycles. The van der Waals surface area contributed by atoms with E-state index in [4.69, 9.17) is 15.6 Å². The number of benzene rings is 1. The van der Waals surface area contributed by atoms with E-state index in [1.807, 2.05) is 0 Å². The van der Waals surface area contributed by atoms with Crippen molar-refractivity contribution in [3.05, 3.63) is 29.3 Å². The molecule has 92 valence electrons. The number of nitrogens with two attached hydrogens (primary N) is 1. The van der Waals surface area contributed by atoms with Crippen LogP contribution in [0, 0.1) is 0 Å². The third kappa shape index (κ3) is 2.95. The van der Waals surface area contributed by atoms with E-state index >= 15 is 0 Å². The average Bonchev–Trinajstić information content (AvgIpc) is 2.23. The summed E-state index contributed by atoms with van der Waals surface area (Å²) in [6.07, 6.45) is 1.37. The average molecular weight is 236 g/mol. The molecule has 0 spiro atoms. The van der Waals surface area contributed by atoms with Gasteiger partial charge in [0.2, 0.25) is 0 Å². The summed E-state index contributed by atoms with van der Waals surface area (Å²) in [4.78, 5) is 10.8. The Kier molecular flexibility index (Phi) is 3.61. The van der Waals surface area contributed by atoms with E-state index in [0.29, 0.717) is 18.3 Å². The second kappa shape index (κ2) is 5.16. The van der Waals surface area contributed by atoms with Gasteiger partial charge in [-0.3, -0.25) is 0 Å². The summed E-state index contributed by atoms with van der Waals surface area (Å²) in [5.41, 5.74) is 7.47. The van der Waals surface area contributed by atoms with E-state index < -0.39 is 5.97 Å². The molecule has 1 saturated heterocycles. The van der Waals surface area contributed by atoms with Gasteiger partial charge in [-0.15, -0.1) is 0 Å². The van der Waals surface area contributed by atoms with Crippen LogP contribution in [-0.2, 0) is 11.3 Å². The Morgan fingerprint density at radius 1 is 1.59 bits per heavy atom. The third-order valence-corrected chi connectivity index (χ3v) is 2.87. The number of hydrogen-bond donors (Lipinski definition) is 3. The number of ether oxygens (including phenoxy) is 1. The highest BCUT2D eigenvalue weighted by atomic mass is 16.5. The van der Waals surface area contributed by atoms with Gasteiger partial charge >= 0.3 is 5.97 Å². The van der Waals surface area contributed by atoms with Crippen LogP contribution in [0.25, 0.3) is 0 Å². The highest BCUT2D eigenvalue weighted by molar-refractivity contribution is 5.88. The Morgan fingerprint density at radius 3 is 2.94 bits per heavy atom. The van der Waals surface area contributed by atoms with Crippen LogP contribution in [0.15, 0.2) is 18.2 Å². The minimum atomic E-state index is -0.937. The fraction of sp³-hybridized carbons (Fsp3) is 0.417. The quantitative estimate of drug-likeness (QED) is 0.660. The van der Waals surface area contributed by atoms with Gasteiger partial charge in [-0.05, 0) is 30.2 Å². The molecule has 0 unspecified atom stereocenters. The first-order valence-corrected chi connectivity index (χ1v) is 5.61. The predicted octanol–water partition coefficient (Wildman–Crippen LogP) is 0.845. The molecule has 0 radical (unpaired) electrons. The Hall–Kier alpha value is -1.59. The molecular formula is C12H16N2O3. The van der Waals surface area contributed by atoms with Crippen LogP contribution in [0.5, 0.6) is 0 Å². The Bertz CT molecular complexity index is 416.